The lowest BCUT2D eigenvalue weighted by atomic mass is 10.1. The van der Waals surface area contributed by atoms with Gasteiger partial charge in [0.25, 0.3) is 0 Å². The van der Waals surface area contributed by atoms with E-state index in [1.54, 1.807) is 0 Å². The SMILES string of the molecule is CCCC[C@H]1OCC[C@@H]1[Si](C)(C)C(C)(C)C. The fourth-order valence-corrected chi connectivity index (χ4v) is 5.86. The molecule has 1 rings (SSSR count). The molecule has 1 fully saturated rings. The molecule has 16 heavy (non-hydrogen) atoms. The van der Waals surface area contributed by atoms with E-state index >= 15 is 0 Å². The summed E-state index contributed by atoms with van der Waals surface area (Å²) in [6, 6.07) is 0. The molecule has 1 aliphatic heterocycles. The minimum absolute atomic E-state index is 0.496. The minimum Gasteiger partial charge on any atom is -0.378 e. The van der Waals surface area contributed by atoms with Crippen LogP contribution in [-0.4, -0.2) is 20.8 Å². The van der Waals surface area contributed by atoms with Gasteiger partial charge in [0.2, 0.25) is 0 Å². The van der Waals surface area contributed by atoms with Crippen molar-refractivity contribution in [2.45, 2.75) is 83.2 Å². The van der Waals surface area contributed by atoms with Crippen LogP contribution in [0.4, 0.5) is 0 Å². The molecule has 1 saturated heterocycles. The van der Waals surface area contributed by atoms with E-state index in [1.165, 1.54) is 25.7 Å². The van der Waals surface area contributed by atoms with Gasteiger partial charge in [0.15, 0.2) is 0 Å². The van der Waals surface area contributed by atoms with Crippen LogP contribution in [0.2, 0.25) is 23.7 Å². The Morgan fingerprint density at radius 3 is 2.38 bits per heavy atom. The predicted molar refractivity (Wildman–Crippen MR) is 74.8 cm³/mol. The van der Waals surface area contributed by atoms with Crippen LogP contribution in [0.1, 0.15) is 53.4 Å². The zero-order valence-corrected chi connectivity index (χ0v) is 13.1. The Labute approximate surface area is 103 Å². The Kier molecular flexibility index (Phi) is 4.64. The summed E-state index contributed by atoms with van der Waals surface area (Å²) in [6.07, 6.45) is 5.79. The molecule has 0 aliphatic carbocycles. The van der Waals surface area contributed by atoms with Gasteiger partial charge in [-0.3, -0.25) is 0 Å². The van der Waals surface area contributed by atoms with Crippen LogP contribution in [0.15, 0.2) is 0 Å². The third-order valence-electron chi connectivity index (χ3n) is 4.91. The first kappa shape index (κ1) is 14.2. The molecule has 2 atom stereocenters. The summed E-state index contributed by atoms with van der Waals surface area (Å²) in [4.78, 5) is 0. The van der Waals surface area contributed by atoms with Gasteiger partial charge in [-0.2, -0.15) is 0 Å². The van der Waals surface area contributed by atoms with Crippen molar-refractivity contribution in [1.82, 2.24) is 0 Å². The van der Waals surface area contributed by atoms with Gasteiger partial charge >= 0.3 is 0 Å². The van der Waals surface area contributed by atoms with Crippen LogP contribution in [0.3, 0.4) is 0 Å². The van der Waals surface area contributed by atoms with Gasteiger partial charge in [-0.1, -0.05) is 53.6 Å². The summed E-state index contributed by atoms with van der Waals surface area (Å²) >= 11 is 0. The maximum atomic E-state index is 5.98. The van der Waals surface area contributed by atoms with Gasteiger partial charge in [-0.25, -0.2) is 0 Å². The van der Waals surface area contributed by atoms with Gasteiger partial charge < -0.3 is 4.74 Å². The third kappa shape index (κ3) is 2.89. The summed E-state index contributed by atoms with van der Waals surface area (Å²) in [5.74, 6) is 0. The minimum atomic E-state index is -1.21. The monoisotopic (exact) mass is 242 g/mol. The second-order valence-electron chi connectivity index (χ2n) is 6.92. The topological polar surface area (TPSA) is 9.23 Å². The Hall–Kier alpha value is 0.177. The van der Waals surface area contributed by atoms with E-state index in [0.717, 1.165) is 12.1 Å². The molecule has 0 aromatic rings. The van der Waals surface area contributed by atoms with Crippen LogP contribution in [0, 0.1) is 0 Å². The molecule has 96 valence electrons. The highest BCUT2D eigenvalue weighted by Crippen LogP contribution is 2.49. The molecule has 0 aromatic carbocycles. The zero-order chi connectivity index (χ0) is 12.4. The van der Waals surface area contributed by atoms with Gasteiger partial charge in [-0.15, -0.1) is 0 Å². The largest absolute Gasteiger partial charge is 0.378 e. The van der Waals surface area contributed by atoms with Crippen LogP contribution in [0.25, 0.3) is 0 Å². The second-order valence-corrected chi connectivity index (χ2v) is 12.6. The summed E-state index contributed by atoms with van der Waals surface area (Å²) in [5.41, 5.74) is 0.874. The van der Waals surface area contributed by atoms with Crippen molar-refractivity contribution < 1.29 is 4.74 Å². The van der Waals surface area contributed by atoms with Crippen molar-refractivity contribution in [3.8, 4) is 0 Å². The van der Waals surface area contributed by atoms with Crippen molar-refractivity contribution in [1.29, 1.82) is 0 Å². The normalized spacial score (nSPS) is 27.4. The van der Waals surface area contributed by atoms with E-state index in [0.29, 0.717) is 11.1 Å². The highest BCUT2D eigenvalue weighted by Gasteiger charge is 2.47. The standard InChI is InChI=1S/C14H30OSi/c1-7-8-9-12-13(10-11-15-12)16(5,6)14(2,3)4/h12-13H,7-11H2,1-6H3/t12-,13+/m1/s1. The zero-order valence-electron chi connectivity index (χ0n) is 12.1. The molecule has 1 heterocycles. The molecular weight excluding hydrogens is 212 g/mol. The van der Waals surface area contributed by atoms with Crippen molar-refractivity contribution in [2.75, 3.05) is 6.61 Å². The number of unbranched alkanes of at least 4 members (excludes halogenated alkanes) is 1. The Morgan fingerprint density at radius 2 is 1.88 bits per heavy atom. The van der Waals surface area contributed by atoms with Crippen LogP contribution in [-0.2, 0) is 4.74 Å². The molecule has 0 spiro atoms. The molecule has 1 nitrogen and oxygen atoms in total. The second kappa shape index (κ2) is 5.22. The molecule has 0 bridgehead atoms. The molecule has 0 aromatic heterocycles. The highest BCUT2D eigenvalue weighted by atomic mass is 28.3. The number of rotatable bonds is 4. The van der Waals surface area contributed by atoms with Crippen molar-refractivity contribution in [3.05, 3.63) is 0 Å². The smallest absolute Gasteiger partial charge is 0.0588 e. The average molecular weight is 242 g/mol. The summed E-state index contributed by atoms with van der Waals surface area (Å²) in [5, 5.41) is 0.496. The fraction of sp³-hybridized carbons (Fsp3) is 1.00. The molecule has 0 radical (unpaired) electrons. The van der Waals surface area contributed by atoms with E-state index in [4.69, 9.17) is 4.74 Å². The fourth-order valence-electron chi connectivity index (χ4n) is 2.72. The molecular formula is C14H30OSi. The van der Waals surface area contributed by atoms with Crippen LogP contribution in [0.5, 0.6) is 0 Å². The van der Waals surface area contributed by atoms with E-state index in [9.17, 15) is 0 Å². The summed E-state index contributed by atoms with van der Waals surface area (Å²) in [7, 11) is -1.21. The highest BCUT2D eigenvalue weighted by molar-refractivity contribution is 6.81. The quantitative estimate of drug-likeness (QED) is 0.641. The number of hydrogen-bond donors (Lipinski definition) is 0. The lowest BCUT2D eigenvalue weighted by Crippen LogP contribution is -2.45. The van der Waals surface area contributed by atoms with Gasteiger partial charge in [-0.05, 0) is 23.4 Å². The first-order valence-corrected chi connectivity index (χ1v) is 10.00. The van der Waals surface area contributed by atoms with E-state index in [1.807, 2.05) is 0 Å². The Morgan fingerprint density at radius 1 is 1.25 bits per heavy atom. The lowest BCUT2D eigenvalue weighted by Gasteiger charge is -2.43. The molecule has 0 N–H and O–H groups in total. The number of hydrogen-bond acceptors (Lipinski definition) is 1. The van der Waals surface area contributed by atoms with Crippen LogP contribution >= 0.6 is 0 Å². The van der Waals surface area contributed by atoms with Crippen molar-refractivity contribution in [3.63, 3.8) is 0 Å². The maximum absolute atomic E-state index is 5.98. The van der Waals surface area contributed by atoms with E-state index < -0.39 is 8.07 Å². The van der Waals surface area contributed by atoms with E-state index in [-0.39, 0.29) is 0 Å². The first-order valence-electron chi connectivity index (χ1n) is 6.92. The van der Waals surface area contributed by atoms with Gasteiger partial charge in [0.05, 0.1) is 14.2 Å². The first-order chi connectivity index (χ1) is 7.30. The lowest BCUT2D eigenvalue weighted by molar-refractivity contribution is 0.101. The maximum Gasteiger partial charge on any atom is 0.0588 e. The summed E-state index contributed by atoms with van der Waals surface area (Å²) in [6.45, 7) is 15.7. The Balaban J connectivity index is 2.70. The van der Waals surface area contributed by atoms with Gasteiger partial charge in [0.1, 0.15) is 0 Å². The van der Waals surface area contributed by atoms with Crippen molar-refractivity contribution >= 4 is 8.07 Å². The van der Waals surface area contributed by atoms with E-state index in [2.05, 4.69) is 40.8 Å². The molecule has 0 saturated carbocycles. The third-order valence-corrected chi connectivity index (χ3v) is 11.3. The molecule has 1 aliphatic rings. The molecule has 0 amide bonds. The van der Waals surface area contributed by atoms with Crippen molar-refractivity contribution in [2.24, 2.45) is 0 Å². The Bertz CT molecular complexity index is 217. The molecule has 2 heteroatoms. The summed E-state index contributed by atoms with van der Waals surface area (Å²) < 4.78 is 5.98. The van der Waals surface area contributed by atoms with Gasteiger partial charge in [0, 0.05) is 6.61 Å². The van der Waals surface area contributed by atoms with Crippen LogP contribution < -0.4 is 0 Å². The predicted octanol–water partition coefficient (Wildman–Crippen LogP) is 4.84. The average Bonchev–Trinajstić information content (AvgIpc) is 2.61. The number of ether oxygens (including phenoxy) is 1. The molecule has 0 unspecified atom stereocenters.